The van der Waals surface area contributed by atoms with E-state index in [9.17, 15) is 25.9 Å². The van der Waals surface area contributed by atoms with E-state index >= 15 is 0 Å². The lowest BCUT2D eigenvalue weighted by Crippen LogP contribution is -2.09. The van der Waals surface area contributed by atoms with Crippen molar-refractivity contribution in [2.24, 2.45) is 0 Å². The Kier molecular flexibility index (Phi) is 6.05. The average Bonchev–Trinajstić information content (AvgIpc) is 2.69. The zero-order chi connectivity index (χ0) is 23.0. The summed E-state index contributed by atoms with van der Waals surface area (Å²) in [6.07, 6.45) is 0. The lowest BCUT2D eigenvalue weighted by Gasteiger charge is -2.19. The zero-order valence-electron chi connectivity index (χ0n) is 16.9. The lowest BCUT2D eigenvalue weighted by atomic mass is 10.1. The molecule has 0 spiro atoms. The predicted molar refractivity (Wildman–Crippen MR) is 118 cm³/mol. The van der Waals surface area contributed by atoms with Gasteiger partial charge in [-0.05, 0) is 61.7 Å². The second-order valence-corrected chi connectivity index (χ2v) is 9.66. The standard InChI is InChI=1S/C20H21N3O6S2/c1-12-13(2)19(21-15-8-4-6-10-17(15)30(24,25)26)23-20(14(12)3)22-16-9-5-7-11-18(16)31(27,28)29/h4-11H,1-3H3,(H2,21,22,23)(H,24,25,26)(H,27,28,29). The summed E-state index contributed by atoms with van der Waals surface area (Å²) >= 11 is 0. The third kappa shape index (κ3) is 4.85. The summed E-state index contributed by atoms with van der Waals surface area (Å²) in [7, 11) is -8.93. The summed E-state index contributed by atoms with van der Waals surface area (Å²) < 4.78 is 65.7. The fourth-order valence-electron chi connectivity index (χ4n) is 3.00. The number of aromatic nitrogens is 1. The molecule has 164 valence electrons. The van der Waals surface area contributed by atoms with Gasteiger partial charge in [-0.25, -0.2) is 4.98 Å². The number of anilines is 4. The van der Waals surface area contributed by atoms with Gasteiger partial charge in [-0.2, -0.15) is 16.8 Å². The van der Waals surface area contributed by atoms with Gasteiger partial charge in [0.2, 0.25) is 0 Å². The Balaban J connectivity index is 2.10. The Morgan fingerprint density at radius 1 is 0.645 bits per heavy atom. The first-order valence-corrected chi connectivity index (χ1v) is 11.9. The maximum absolute atomic E-state index is 11.7. The first-order chi connectivity index (χ1) is 14.4. The van der Waals surface area contributed by atoms with Crippen molar-refractivity contribution >= 4 is 43.2 Å². The molecular formula is C20H21N3O6S2. The molecule has 31 heavy (non-hydrogen) atoms. The van der Waals surface area contributed by atoms with Crippen LogP contribution in [-0.2, 0) is 20.2 Å². The minimum Gasteiger partial charge on any atom is -0.339 e. The van der Waals surface area contributed by atoms with E-state index in [1.54, 1.807) is 26.0 Å². The molecule has 3 aromatic rings. The van der Waals surface area contributed by atoms with Crippen LogP contribution in [0, 0.1) is 20.8 Å². The van der Waals surface area contributed by atoms with Gasteiger partial charge in [-0.1, -0.05) is 24.3 Å². The molecule has 0 atom stereocenters. The van der Waals surface area contributed by atoms with Crippen LogP contribution in [0.3, 0.4) is 0 Å². The van der Waals surface area contributed by atoms with Crippen molar-refractivity contribution in [3.05, 3.63) is 65.2 Å². The summed E-state index contributed by atoms with van der Waals surface area (Å²) in [5.41, 5.74) is 2.56. The number of hydrogen-bond donors (Lipinski definition) is 4. The lowest BCUT2D eigenvalue weighted by molar-refractivity contribution is 0.481. The van der Waals surface area contributed by atoms with Gasteiger partial charge in [0.15, 0.2) is 0 Å². The molecule has 11 heteroatoms. The Morgan fingerprint density at radius 3 is 1.35 bits per heavy atom. The SMILES string of the molecule is Cc1c(Nc2ccccc2S(=O)(=O)O)nc(Nc2ccccc2S(=O)(=O)O)c(C)c1C. The van der Waals surface area contributed by atoms with Crippen molar-refractivity contribution in [3.8, 4) is 0 Å². The van der Waals surface area contributed by atoms with Crippen molar-refractivity contribution < 1.29 is 25.9 Å². The first-order valence-electron chi connectivity index (χ1n) is 9.04. The van der Waals surface area contributed by atoms with Gasteiger partial charge >= 0.3 is 0 Å². The summed E-state index contributed by atoms with van der Waals surface area (Å²) in [4.78, 5) is 3.88. The van der Waals surface area contributed by atoms with Crippen LogP contribution in [0.5, 0.6) is 0 Å². The number of hydrogen-bond acceptors (Lipinski definition) is 7. The molecule has 0 aliphatic carbocycles. The van der Waals surface area contributed by atoms with E-state index in [1.807, 2.05) is 6.92 Å². The molecule has 1 aromatic heterocycles. The van der Waals surface area contributed by atoms with Gasteiger partial charge in [-0.3, -0.25) is 9.11 Å². The molecule has 0 radical (unpaired) electrons. The van der Waals surface area contributed by atoms with Crippen LogP contribution in [0.1, 0.15) is 16.7 Å². The molecule has 0 fully saturated rings. The molecule has 0 amide bonds. The number of nitrogens with zero attached hydrogens (tertiary/aromatic N) is 1. The normalized spacial score (nSPS) is 11.9. The second kappa shape index (κ2) is 8.27. The molecule has 0 saturated heterocycles. The van der Waals surface area contributed by atoms with Crippen LogP contribution in [0.2, 0.25) is 0 Å². The molecule has 2 aromatic carbocycles. The minimum absolute atomic E-state index is 0.133. The first kappa shape index (κ1) is 22.7. The van der Waals surface area contributed by atoms with Crippen LogP contribution in [0.15, 0.2) is 58.3 Å². The van der Waals surface area contributed by atoms with Crippen molar-refractivity contribution in [2.45, 2.75) is 30.6 Å². The van der Waals surface area contributed by atoms with Gasteiger partial charge < -0.3 is 10.6 Å². The molecule has 0 aliphatic heterocycles. The number of para-hydroxylation sites is 2. The number of benzene rings is 2. The highest BCUT2D eigenvalue weighted by Gasteiger charge is 2.20. The Labute approximate surface area is 180 Å². The van der Waals surface area contributed by atoms with Crippen molar-refractivity contribution in [3.63, 3.8) is 0 Å². The molecule has 0 bridgehead atoms. The van der Waals surface area contributed by atoms with E-state index in [2.05, 4.69) is 15.6 Å². The van der Waals surface area contributed by atoms with Gasteiger partial charge in [0, 0.05) is 0 Å². The van der Waals surface area contributed by atoms with Gasteiger partial charge in [-0.15, -0.1) is 0 Å². The van der Waals surface area contributed by atoms with Crippen LogP contribution in [-0.4, -0.2) is 30.9 Å². The van der Waals surface area contributed by atoms with Crippen LogP contribution < -0.4 is 10.6 Å². The third-order valence-corrected chi connectivity index (χ3v) is 6.72. The average molecular weight is 464 g/mol. The quantitative estimate of drug-likeness (QED) is 0.399. The van der Waals surface area contributed by atoms with E-state index in [0.717, 1.165) is 16.7 Å². The van der Waals surface area contributed by atoms with E-state index in [0.29, 0.717) is 11.6 Å². The molecule has 0 saturated carbocycles. The number of nitrogens with one attached hydrogen (secondary N) is 2. The minimum atomic E-state index is -4.47. The van der Waals surface area contributed by atoms with Crippen LogP contribution in [0.25, 0.3) is 0 Å². The number of rotatable bonds is 6. The molecule has 1 heterocycles. The molecule has 4 N–H and O–H groups in total. The second-order valence-electron chi connectivity index (χ2n) is 6.88. The maximum atomic E-state index is 11.7. The van der Waals surface area contributed by atoms with Crippen LogP contribution >= 0.6 is 0 Å². The topological polar surface area (TPSA) is 146 Å². The predicted octanol–water partition coefficient (Wildman–Crippen LogP) is 3.99. The molecular weight excluding hydrogens is 442 g/mol. The maximum Gasteiger partial charge on any atom is 0.296 e. The smallest absolute Gasteiger partial charge is 0.296 e. The monoisotopic (exact) mass is 463 g/mol. The van der Waals surface area contributed by atoms with E-state index in [-0.39, 0.29) is 21.2 Å². The van der Waals surface area contributed by atoms with E-state index in [1.165, 1.54) is 36.4 Å². The zero-order valence-corrected chi connectivity index (χ0v) is 18.5. The fraction of sp³-hybridized carbons (Fsp3) is 0.150. The van der Waals surface area contributed by atoms with Gasteiger partial charge in [0.25, 0.3) is 20.2 Å². The van der Waals surface area contributed by atoms with Crippen molar-refractivity contribution in [2.75, 3.05) is 10.6 Å². The van der Waals surface area contributed by atoms with Crippen LogP contribution in [0.4, 0.5) is 23.0 Å². The van der Waals surface area contributed by atoms with Crippen molar-refractivity contribution in [1.82, 2.24) is 4.98 Å². The Bertz CT molecular complexity index is 1270. The highest BCUT2D eigenvalue weighted by atomic mass is 32.2. The Hall–Kier alpha value is -2.99. The highest BCUT2D eigenvalue weighted by molar-refractivity contribution is 7.86. The molecule has 0 unspecified atom stereocenters. The summed E-state index contributed by atoms with van der Waals surface area (Å²) in [6.45, 7) is 5.43. The van der Waals surface area contributed by atoms with E-state index in [4.69, 9.17) is 0 Å². The van der Waals surface area contributed by atoms with Gasteiger partial charge in [0.1, 0.15) is 21.4 Å². The Morgan fingerprint density at radius 2 is 1.00 bits per heavy atom. The highest BCUT2D eigenvalue weighted by Crippen LogP contribution is 2.32. The molecule has 3 rings (SSSR count). The fourth-order valence-corrected chi connectivity index (χ4v) is 4.30. The third-order valence-electron chi connectivity index (χ3n) is 4.90. The summed E-state index contributed by atoms with van der Waals surface area (Å²) in [5, 5.41) is 5.86. The van der Waals surface area contributed by atoms with Crippen molar-refractivity contribution in [1.29, 1.82) is 0 Å². The largest absolute Gasteiger partial charge is 0.339 e. The summed E-state index contributed by atoms with van der Waals surface area (Å²) in [5.74, 6) is 0.622. The summed E-state index contributed by atoms with van der Waals surface area (Å²) in [6, 6.07) is 11.7. The number of pyridine rings is 1. The molecule has 9 nitrogen and oxygen atoms in total. The van der Waals surface area contributed by atoms with E-state index < -0.39 is 20.2 Å². The molecule has 0 aliphatic rings. The van der Waals surface area contributed by atoms with Gasteiger partial charge in [0.05, 0.1) is 11.4 Å².